The highest BCUT2D eigenvalue weighted by Gasteiger charge is 2.23. The number of ether oxygens (including phenoxy) is 2. The quantitative estimate of drug-likeness (QED) is 0.225. The maximum absolute atomic E-state index is 11.9. The summed E-state index contributed by atoms with van der Waals surface area (Å²) in [5.41, 5.74) is 3.71. The van der Waals surface area contributed by atoms with Gasteiger partial charge < -0.3 is 20.1 Å². The van der Waals surface area contributed by atoms with Crippen molar-refractivity contribution in [2.24, 2.45) is 0 Å². The third-order valence-corrected chi connectivity index (χ3v) is 6.62. The van der Waals surface area contributed by atoms with Gasteiger partial charge in [0, 0.05) is 34.8 Å². The number of pyridine rings is 2. The van der Waals surface area contributed by atoms with Crippen LogP contribution in [0.25, 0.3) is 27.7 Å². The van der Waals surface area contributed by atoms with Gasteiger partial charge in [-0.3, -0.25) is 4.79 Å². The van der Waals surface area contributed by atoms with Crippen molar-refractivity contribution >= 4 is 62.9 Å². The number of para-hydroxylation sites is 2. The summed E-state index contributed by atoms with van der Waals surface area (Å²) < 4.78 is 12.6. The van der Waals surface area contributed by atoms with Gasteiger partial charge in [-0.2, -0.15) is 5.10 Å². The molecule has 2 aromatic carbocycles. The Morgan fingerprint density at radius 1 is 1.05 bits per heavy atom. The topological polar surface area (TPSA) is 103 Å². The summed E-state index contributed by atoms with van der Waals surface area (Å²) in [6, 6.07) is 12.7. The van der Waals surface area contributed by atoms with E-state index < -0.39 is 0 Å². The Bertz CT molecular complexity index is 1710. The number of carbonyl (C=O) groups excluding carboxylic acids is 1. The highest BCUT2D eigenvalue weighted by atomic mass is 35.5. The van der Waals surface area contributed by atoms with Crippen molar-refractivity contribution in [1.29, 1.82) is 0 Å². The van der Waals surface area contributed by atoms with Crippen molar-refractivity contribution in [2.45, 2.75) is 6.92 Å². The first-order valence-electron chi connectivity index (χ1n) is 11.4. The molecule has 1 amide bonds. The normalized spacial score (nSPS) is 11.0. The van der Waals surface area contributed by atoms with Gasteiger partial charge in [-0.05, 0) is 31.2 Å². The van der Waals surface area contributed by atoms with E-state index in [1.807, 2.05) is 30.3 Å². The highest BCUT2D eigenvalue weighted by Crippen LogP contribution is 2.47. The molecule has 3 heterocycles. The number of hydrogen-bond acceptors (Lipinski definition) is 7. The maximum Gasteiger partial charge on any atom is 0.247 e. The molecule has 38 heavy (non-hydrogen) atoms. The Kier molecular flexibility index (Phi) is 6.79. The van der Waals surface area contributed by atoms with Crippen molar-refractivity contribution in [3.63, 3.8) is 0 Å². The number of carbonyl (C=O) groups is 1. The smallest absolute Gasteiger partial charge is 0.247 e. The van der Waals surface area contributed by atoms with Crippen LogP contribution in [-0.4, -0.2) is 39.7 Å². The maximum atomic E-state index is 11.9. The third-order valence-electron chi connectivity index (χ3n) is 5.87. The van der Waals surface area contributed by atoms with Gasteiger partial charge in [0.15, 0.2) is 5.65 Å². The van der Waals surface area contributed by atoms with Gasteiger partial charge >= 0.3 is 0 Å². The number of aromatic nitrogens is 4. The van der Waals surface area contributed by atoms with E-state index >= 15 is 0 Å². The molecule has 0 fully saturated rings. The molecule has 192 valence electrons. The van der Waals surface area contributed by atoms with E-state index in [9.17, 15) is 4.79 Å². The molecule has 5 rings (SSSR count). The average Bonchev–Trinajstić information content (AvgIpc) is 3.32. The minimum atomic E-state index is -0.315. The van der Waals surface area contributed by atoms with Crippen LogP contribution in [0.3, 0.4) is 0 Å². The van der Waals surface area contributed by atoms with Crippen molar-refractivity contribution in [3.05, 3.63) is 77.2 Å². The Balaban J connectivity index is 1.68. The lowest BCUT2D eigenvalue weighted by atomic mass is 10.0. The molecule has 0 saturated carbocycles. The summed E-state index contributed by atoms with van der Waals surface area (Å²) in [7, 11) is 3.05. The van der Waals surface area contributed by atoms with E-state index in [1.165, 1.54) is 20.3 Å². The molecular weight excluding hydrogens is 527 g/mol. The molecule has 0 spiro atoms. The van der Waals surface area contributed by atoms with E-state index in [2.05, 4.69) is 32.3 Å². The third kappa shape index (κ3) is 4.46. The number of methoxy groups -OCH3 is 2. The number of nitrogens with zero attached hydrogens (tertiary/aromatic N) is 4. The molecule has 0 atom stereocenters. The first kappa shape index (κ1) is 25.3. The second-order valence-electron chi connectivity index (χ2n) is 8.23. The van der Waals surface area contributed by atoms with Gasteiger partial charge in [-0.1, -0.05) is 41.9 Å². The number of halogens is 2. The van der Waals surface area contributed by atoms with Crippen LogP contribution in [-0.2, 0) is 4.79 Å². The van der Waals surface area contributed by atoms with Crippen LogP contribution in [0.4, 0.5) is 17.2 Å². The predicted octanol–water partition coefficient (Wildman–Crippen LogP) is 6.45. The van der Waals surface area contributed by atoms with Crippen molar-refractivity contribution in [2.75, 3.05) is 24.9 Å². The van der Waals surface area contributed by atoms with Crippen molar-refractivity contribution in [1.82, 2.24) is 19.6 Å². The van der Waals surface area contributed by atoms with Crippen LogP contribution in [0.2, 0.25) is 10.0 Å². The van der Waals surface area contributed by atoms with Crippen LogP contribution < -0.4 is 20.1 Å². The summed E-state index contributed by atoms with van der Waals surface area (Å²) in [6.07, 6.45) is 2.92. The fourth-order valence-corrected chi connectivity index (χ4v) is 4.83. The monoisotopic (exact) mass is 548 g/mol. The van der Waals surface area contributed by atoms with Crippen LogP contribution in [0.5, 0.6) is 11.5 Å². The fourth-order valence-electron chi connectivity index (χ4n) is 4.12. The Morgan fingerprint density at radius 3 is 2.39 bits per heavy atom. The molecule has 0 radical (unpaired) electrons. The molecule has 5 aromatic rings. The first-order valence-corrected chi connectivity index (χ1v) is 12.2. The summed E-state index contributed by atoms with van der Waals surface area (Å²) in [5, 5.41) is 12.1. The zero-order chi connectivity index (χ0) is 27.0. The van der Waals surface area contributed by atoms with E-state index in [4.69, 9.17) is 32.7 Å². The van der Waals surface area contributed by atoms with E-state index in [0.29, 0.717) is 61.3 Å². The minimum absolute atomic E-state index is 0.315. The Morgan fingerprint density at radius 2 is 1.74 bits per heavy atom. The van der Waals surface area contributed by atoms with E-state index in [-0.39, 0.29) is 5.91 Å². The lowest BCUT2D eigenvalue weighted by Gasteiger charge is -2.16. The molecule has 11 heteroatoms. The molecule has 0 bridgehead atoms. The zero-order valence-electron chi connectivity index (χ0n) is 20.7. The molecule has 0 saturated heterocycles. The SMILES string of the molecule is C=CC(=O)Nc1ccccc1Nc1cc2c(cn1)cc(-c1c(Cl)c(OC)cc(OC)c1Cl)c1nc(C)nn12. The first-order chi connectivity index (χ1) is 18.3. The summed E-state index contributed by atoms with van der Waals surface area (Å²) in [6.45, 7) is 5.31. The van der Waals surface area contributed by atoms with E-state index in [1.54, 1.807) is 29.8 Å². The summed E-state index contributed by atoms with van der Waals surface area (Å²) in [4.78, 5) is 21.1. The van der Waals surface area contributed by atoms with Gasteiger partial charge in [0.05, 0.1) is 41.2 Å². The fraction of sp³-hybridized carbons (Fsp3) is 0.111. The van der Waals surface area contributed by atoms with Gasteiger partial charge in [0.2, 0.25) is 5.91 Å². The average molecular weight is 549 g/mol. The number of anilines is 3. The van der Waals surface area contributed by atoms with Crippen LogP contribution in [0, 0.1) is 6.92 Å². The molecule has 3 aromatic heterocycles. The molecular formula is C27H22Cl2N6O3. The van der Waals surface area contributed by atoms with Crippen molar-refractivity contribution in [3.8, 4) is 22.6 Å². The number of hydrogen-bond donors (Lipinski definition) is 2. The lowest BCUT2D eigenvalue weighted by Crippen LogP contribution is -2.09. The number of aryl methyl sites for hydroxylation is 1. The number of rotatable bonds is 7. The van der Waals surface area contributed by atoms with Gasteiger partial charge in [0.1, 0.15) is 23.1 Å². The largest absolute Gasteiger partial charge is 0.495 e. The summed E-state index contributed by atoms with van der Waals surface area (Å²) >= 11 is 13.5. The molecule has 0 unspecified atom stereocenters. The van der Waals surface area contributed by atoms with Crippen LogP contribution in [0.1, 0.15) is 5.82 Å². The predicted molar refractivity (Wildman–Crippen MR) is 150 cm³/mol. The standard InChI is InChI=1S/C27H22Cl2N6O3/c1-5-23(36)33-18-9-7-6-8-17(18)32-22-11-19-15(13-30-22)10-16(27-31-14(2)34-35(19)27)24-25(28)20(37-3)12-21(38-4)26(24)29/h5-13H,1H2,2-4H3,(H,30,32)(H,33,36). The van der Waals surface area contributed by atoms with Crippen LogP contribution >= 0.6 is 23.2 Å². The zero-order valence-corrected chi connectivity index (χ0v) is 22.2. The van der Waals surface area contributed by atoms with Gasteiger partial charge in [0.25, 0.3) is 0 Å². The van der Waals surface area contributed by atoms with Crippen molar-refractivity contribution < 1.29 is 14.3 Å². The number of benzene rings is 2. The Hall–Kier alpha value is -4.34. The number of fused-ring (bicyclic) bond motifs is 3. The molecule has 2 N–H and O–H groups in total. The molecule has 0 aliphatic rings. The molecule has 0 aliphatic heterocycles. The second kappa shape index (κ2) is 10.2. The highest BCUT2D eigenvalue weighted by molar-refractivity contribution is 6.41. The Labute approximate surface area is 228 Å². The summed E-state index contributed by atoms with van der Waals surface area (Å²) in [5.74, 6) is 1.61. The molecule has 0 aliphatic carbocycles. The molecule has 9 nitrogen and oxygen atoms in total. The van der Waals surface area contributed by atoms with Crippen LogP contribution in [0.15, 0.2) is 61.3 Å². The number of nitrogens with one attached hydrogen (secondary N) is 2. The van der Waals surface area contributed by atoms with Gasteiger partial charge in [-0.25, -0.2) is 14.5 Å². The van der Waals surface area contributed by atoms with E-state index in [0.717, 1.165) is 10.9 Å². The second-order valence-corrected chi connectivity index (χ2v) is 8.98. The minimum Gasteiger partial charge on any atom is -0.495 e. The number of amides is 1. The lowest BCUT2D eigenvalue weighted by molar-refractivity contribution is -0.111. The van der Waals surface area contributed by atoms with Gasteiger partial charge in [-0.15, -0.1) is 0 Å².